The van der Waals surface area contributed by atoms with E-state index in [9.17, 15) is 13.6 Å². The van der Waals surface area contributed by atoms with E-state index in [4.69, 9.17) is 0 Å². The zero-order chi connectivity index (χ0) is 10.9. The molecule has 0 aromatic carbocycles. The summed E-state index contributed by atoms with van der Waals surface area (Å²) in [5, 5.41) is 0. The summed E-state index contributed by atoms with van der Waals surface area (Å²) in [5.41, 5.74) is 0. The predicted octanol–water partition coefficient (Wildman–Crippen LogP) is 2.15. The lowest BCUT2D eigenvalue weighted by atomic mass is 9.94. The van der Waals surface area contributed by atoms with Gasteiger partial charge in [0, 0.05) is 18.4 Å². The minimum Gasteiger partial charge on any atom is -0.336 e. The number of alkyl halides is 2. The predicted molar refractivity (Wildman–Crippen MR) is 50.1 cm³/mol. The molecule has 1 amide bonds. The highest BCUT2D eigenvalue weighted by Gasteiger charge is 2.43. The quantitative estimate of drug-likeness (QED) is 0.642. The number of rotatable bonds is 1. The van der Waals surface area contributed by atoms with Crippen LogP contribution in [0.4, 0.5) is 8.78 Å². The lowest BCUT2D eigenvalue weighted by Gasteiger charge is -2.37. The van der Waals surface area contributed by atoms with Gasteiger partial charge in [0.2, 0.25) is 5.91 Å². The number of carbonyl (C=O) groups excluding carboxylic acids is 1. The Hall–Kier alpha value is -0.670. The summed E-state index contributed by atoms with van der Waals surface area (Å²) >= 11 is 0. The molecule has 82 valence electrons. The summed E-state index contributed by atoms with van der Waals surface area (Å²) < 4.78 is 26.6. The lowest BCUT2D eigenvalue weighted by molar-refractivity contribution is -0.151. The lowest BCUT2D eigenvalue weighted by Crippen LogP contribution is -2.50. The maximum Gasteiger partial charge on any atom is 0.267 e. The Kier molecular flexibility index (Phi) is 3.12. The first-order chi connectivity index (χ1) is 6.34. The van der Waals surface area contributed by atoms with Crippen molar-refractivity contribution in [1.29, 1.82) is 0 Å². The number of likely N-dealkylation sites (tertiary alicyclic amines) is 1. The van der Waals surface area contributed by atoms with Gasteiger partial charge in [-0.05, 0) is 6.42 Å². The molecule has 1 fully saturated rings. The Balaban J connectivity index is 2.64. The molecular formula is C10H17F2NO. The molecule has 1 heterocycles. The zero-order valence-electron chi connectivity index (χ0n) is 8.89. The highest BCUT2D eigenvalue weighted by molar-refractivity contribution is 5.78. The molecule has 14 heavy (non-hydrogen) atoms. The summed E-state index contributed by atoms with van der Waals surface area (Å²) in [5.74, 6) is -3.70. The minimum absolute atomic E-state index is 0.170. The van der Waals surface area contributed by atoms with Gasteiger partial charge in [0.25, 0.3) is 5.92 Å². The maximum atomic E-state index is 13.3. The van der Waals surface area contributed by atoms with E-state index < -0.39 is 18.4 Å². The van der Waals surface area contributed by atoms with E-state index in [0.717, 1.165) is 0 Å². The van der Waals surface area contributed by atoms with E-state index in [1.165, 1.54) is 11.8 Å². The number of piperidine rings is 1. The molecule has 0 saturated carbocycles. The maximum absolute atomic E-state index is 13.3. The summed E-state index contributed by atoms with van der Waals surface area (Å²) in [7, 11) is 0. The molecule has 0 aromatic heterocycles. The van der Waals surface area contributed by atoms with Gasteiger partial charge in [-0.15, -0.1) is 0 Å². The van der Waals surface area contributed by atoms with Crippen LogP contribution >= 0.6 is 0 Å². The van der Waals surface area contributed by atoms with Crippen LogP contribution in [0.1, 0.15) is 27.2 Å². The van der Waals surface area contributed by atoms with Crippen molar-refractivity contribution in [3.05, 3.63) is 0 Å². The van der Waals surface area contributed by atoms with Gasteiger partial charge in [-0.3, -0.25) is 4.79 Å². The molecule has 0 N–H and O–H groups in total. The van der Waals surface area contributed by atoms with Crippen molar-refractivity contribution >= 4 is 5.91 Å². The molecule has 0 radical (unpaired) electrons. The number of hydrogen-bond acceptors (Lipinski definition) is 1. The number of hydrogen-bond donors (Lipinski definition) is 0. The zero-order valence-corrected chi connectivity index (χ0v) is 8.89. The van der Waals surface area contributed by atoms with Crippen molar-refractivity contribution in [1.82, 2.24) is 4.90 Å². The SMILES string of the molecule is CC(C)C(=O)N1CCC(C)C(F)(F)C1. The van der Waals surface area contributed by atoms with Crippen molar-refractivity contribution in [3.8, 4) is 0 Å². The molecule has 0 aromatic rings. The van der Waals surface area contributed by atoms with Crippen LogP contribution in [0.25, 0.3) is 0 Å². The fourth-order valence-electron chi connectivity index (χ4n) is 1.60. The third-order valence-electron chi connectivity index (χ3n) is 2.76. The van der Waals surface area contributed by atoms with Crippen LogP contribution in [0, 0.1) is 11.8 Å². The third-order valence-corrected chi connectivity index (χ3v) is 2.76. The van der Waals surface area contributed by atoms with Gasteiger partial charge in [-0.1, -0.05) is 20.8 Å². The first-order valence-electron chi connectivity index (χ1n) is 5.01. The fraction of sp³-hybridized carbons (Fsp3) is 0.900. The third kappa shape index (κ3) is 2.22. The van der Waals surface area contributed by atoms with Gasteiger partial charge in [0.1, 0.15) is 0 Å². The van der Waals surface area contributed by atoms with E-state index in [1.807, 2.05) is 0 Å². The smallest absolute Gasteiger partial charge is 0.267 e. The van der Waals surface area contributed by atoms with Crippen LogP contribution in [-0.4, -0.2) is 29.8 Å². The molecule has 1 atom stereocenters. The number of carbonyl (C=O) groups is 1. The van der Waals surface area contributed by atoms with Crippen molar-refractivity contribution in [2.45, 2.75) is 33.1 Å². The fourth-order valence-corrected chi connectivity index (χ4v) is 1.60. The van der Waals surface area contributed by atoms with Gasteiger partial charge in [0.05, 0.1) is 6.54 Å². The summed E-state index contributed by atoms with van der Waals surface area (Å²) in [6.45, 7) is 5.06. The van der Waals surface area contributed by atoms with E-state index in [0.29, 0.717) is 13.0 Å². The van der Waals surface area contributed by atoms with Crippen molar-refractivity contribution in [3.63, 3.8) is 0 Å². The largest absolute Gasteiger partial charge is 0.336 e. The highest BCUT2D eigenvalue weighted by Crippen LogP contribution is 2.32. The van der Waals surface area contributed by atoms with Crippen LogP contribution in [-0.2, 0) is 4.79 Å². The van der Waals surface area contributed by atoms with Crippen molar-refractivity contribution in [2.24, 2.45) is 11.8 Å². The van der Waals surface area contributed by atoms with Crippen LogP contribution < -0.4 is 0 Å². The molecular weight excluding hydrogens is 188 g/mol. The van der Waals surface area contributed by atoms with Gasteiger partial charge >= 0.3 is 0 Å². The average molecular weight is 205 g/mol. The minimum atomic E-state index is -2.72. The molecule has 1 aliphatic rings. The molecule has 2 nitrogen and oxygen atoms in total. The number of amides is 1. The Morgan fingerprint density at radius 3 is 2.50 bits per heavy atom. The normalized spacial score (nSPS) is 26.7. The van der Waals surface area contributed by atoms with Gasteiger partial charge in [0.15, 0.2) is 0 Å². The first kappa shape index (κ1) is 11.4. The molecule has 0 spiro atoms. The monoisotopic (exact) mass is 205 g/mol. The highest BCUT2D eigenvalue weighted by atomic mass is 19.3. The van der Waals surface area contributed by atoms with Gasteiger partial charge in [-0.25, -0.2) is 8.78 Å². The number of halogens is 2. The van der Waals surface area contributed by atoms with Crippen LogP contribution in [0.3, 0.4) is 0 Å². The standard InChI is InChI=1S/C10H17F2NO/c1-7(2)9(14)13-5-4-8(3)10(11,12)6-13/h7-8H,4-6H2,1-3H3. The van der Waals surface area contributed by atoms with Gasteiger partial charge in [-0.2, -0.15) is 0 Å². The van der Waals surface area contributed by atoms with E-state index >= 15 is 0 Å². The van der Waals surface area contributed by atoms with Crippen molar-refractivity contribution in [2.75, 3.05) is 13.1 Å². The Labute approximate surface area is 83.3 Å². The average Bonchev–Trinajstić information content (AvgIpc) is 2.08. The second-order valence-electron chi connectivity index (χ2n) is 4.37. The second-order valence-corrected chi connectivity index (χ2v) is 4.37. The Bertz CT molecular complexity index is 228. The molecule has 1 aliphatic heterocycles. The number of nitrogens with zero attached hydrogens (tertiary/aromatic N) is 1. The van der Waals surface area contributed by atoms with Gasteiger partial charge < -0.3 is 4.90 Å². The van der Waals surface area contributed by atoms with Crippen LogP contribution in [0.5, 0.6) is 0 Å². The Morgan fingerprint density at radius 2 is 2.07 bits per heavy atom. The topological polar surface area (TPSA) is 20.3 Å². The molecule has 0 aliphatic carbocycles. The molecule has 4 heteroatoms. The van der Waals surface area contributed by atoms with Crippen LogP contribution in [0.2, 0.25) is 0 Å². The molecule has 1 unspecified atom stereocenters. The summed E-state index contributed by atoms with van der Waals surface area (Å²) in [6, 6.07) is 0. The summed E-state index contributed by atoms with van der Waals surface area (Å²) in [4.78, 5) is 12.8. The second kappa shape index (κ2) is 3.83. The molecule has 0 bridgehead atoms. The first-order valence-corrected chi connectivity index (χ1v) is 5.01. The van der Waals surface area contributed by atoms with Crippen molar-refractivity contribution < 1.29 is 13.6 Å². The van der Waals surface area contributed by atoms with Crippen LogP contribution in [0.15, 0.2) is 0 Å². The van der Waals surface area contributed by atoms with E-state index in [1.54, 1.807) is 13.8 Å². The Morgan fingerprint density at radius 1 is 1.50 bits per heavy atom. The summed E-state index contributed by atoms with van der Waals surface area (Å²) in [6.07, 6.45) is 0.394. The molecule has 1 rings (SSSR count). The molecule has 1 saturated heterocycles. The van der Waals surface area contributed by atoms with E-state index in [2.05, 4.69) is 0 Å². The van der Waals surface area contributed by atoms with E-state index in [-0.39, 0.29) is 11.8 Å².